The molecule has 0 atom stereocenters. The van der Waals surface area contributed by atoms with Gasteiger partial charge in [-0.1, -0.05) is 45.0 Å². The summed E-state index contributed by atoms with van der Waals surface area (Å²) in [4.78, 5) is 12.2. The van der Waals surface area contributed by atoms with Crippen molar-refractivity contribution in [1.29, 1.82) is 0 Å². The SMILES string of the molecule is CC(C)(C)CCCC(=O)C1Cc2ccccc2C1. The molecule has 0 amide bonds. The average molecular weight is 244 g/mol. The third-order valence-electron chi connectivity index (χ3n) is 3.86. The van der Waals surface area contributed by atoms with E-state index in [4.69, 9.17) is 0 Å². The molecule has 0 saturated carbocycles. The Hall–Kier alpha value is -1.11. The van der Waals surface area contributed by atoms with Crippen LogP contribution in [0, 0.1) is 11.3 Å². The van der Waals surface area contributed by atoms with Crippen LogP contribution in [0.15, 0.2) is 24.3 Å². The summed E-state index contributed by atoms with van der Waals surface area (Å²) in [6.07, 6.45) is 4.86. The lowest BCUT2D eigenvalue weighted by molar-refractivity contribution is -0.122. The zero-order chi connectivity index (χ0) is 13.2. The van der Waals surface area contributed by atoms with E-state index in [0.717, 1.165) is 32.1 Å². The van der Waals surface area contributed by atoms with Gasteiger partial charge in [0.1, 0.15) is 5.78 Å². The van der Waals surface area contributed by atoms with Crippen molar-refractivity contribution in [2.24, 2.45) is 11.3 Å². The van der Waals surface area contributed by atoms with Crippen LogP contribution in [-0.2, 0) is 17.6 Å². The zero-order valence-corrected chi connectivity index (χ0v) is 11.8. The number of carbonyl (C=O) groups is 1. The van der Waals surface area contributed by atoms with Crippen molar-refractivity contribution in [3.8, 4) is 0 Å². The van der Waals surface area contributed by atoms with E-state index in [9.17, 15) is 4.79 Å². The van der Waals surface area contributed by atoms with Gasteiger partial charge in [0, 0.05) is 12.3 Å². The van der Waals surface area contributed by atoms with E-state index >= 15 is 0 Å². The Balaban J connectivity index is 1.83. The molecule has 0 aromatic heterocycles. The summed E-state index contributed by atoms with van der Waals surface area (Å²) < 4.78 is 0. The second-order valence-electron chi connectivity index (χ2n) is 6.75. The first-order valence-corrected chi connectivity index (χ1v) is 7.05. The summed E-state index contributed by atoms with van der Waals surface area (Å²) in [5.41, 5.74) is 3.11. The van der Waals surface area contributed by atoms with Gasteiger partial charge in [0.25, 0.3) is 0 Å². The molecule has 1 nitrogen and oxygen atoms in total. The van der Waals surface area contributed by atoms with Gasteiger partial charge in [0.05, 0.1) is 0 Å². The molecule has 0 unspecified atom stereocenters. The summed E-state index contributed by atoms with van der Waals surface area (Å²) in [5.74, 6) is 0.720. The molecule has 1 aromatic rings. The van der Waals surface area contributed by atoms with Gasteiger partial charge in [-0.25, -0.2) is 0 Å². The molecule has 1 aromatic carbocycles. The van der Waals surface area contributed by atoms with E-state index in [1.165, 1.54) is 11.1 Å². The standard InChI is InChI=1S/C17H24O/c1-17(2,3)10-6-9-16(18)15-11-13-7-4-5-8-14(13)12-15/h4-5,7-8,15H,6,9-12H2,1-3H3. The van der Waals surface area contributed by atoms with Crippen molar-refractivity contribution in [3.63, 3.8) is 0 Å². The van der Waals surface area contributed by atoms with Gasteiger partial charge in [-0.05, 0) is 42.2 Å². The smallest absolute Gasteiger partial charge is 0.136 e. The second kappa shape index (κ2) is 5.26. The monoisotopic (exact) mass is 244 g/mol. The zero-order valence-electron chi connectivity index (χ0n) is 11.8. The molecule has 1 heteroatoms. The Kier molecular flexibility index (Phi) is 3.89. The van der Waals surface area contributed by atoms with Gasteiger partial charge in [-0.3, -0.25) is 4.79 Å². The maximum absolute atomic E-state index is 12.2. The molecule has 2 rings (SSSR count). The van der Waals surface area contributed by atoms with E-state index in [0.29, 0.717) is 11.2 Å². The molecule has 98 valence electrons. The number of hydrogen-bond donors (Lipinski definition) is 0. The third-order valence-corrected chi connectivity index (χ3v) is 3.86. The first-order valence-electron chi connectivity index (χ1n) is 7.05. The van der Waals surface area contributed by atoms with Gasteiger partial charge >= 0.3 is 0 Å². The van der Waals surface area contributed by atoms with Crippen molar-refractivity contribution in [2.75, 3.05) is 0 Å². The van der Waals surface area contributed by atoms with Crippen LogP contribution in [0.3, 0.4) is 0 Å². The summed E-state index contributed by atoms with van der Waals surface area (Å²) in [7, 11) is 0. The van der Waals surface area contributed by atoms with Gasteiger partial charge in [-0.15, -0.1) is 0 Å². The van der Waals surface area contributed by atoms with Crippen LogP contribution in [-0.4, -0.2) is 5.78 Å². The summed E-state index contributed by atoms with van der Waals surface area (Å²) in [6.45, 7) is 6.72. The van der Waals surface area contributed by atoms with Crippen LogP contribution in [0.2, 0.25) is 0 Å². The van der Waals surface area contributed by atoms with Gasteiger partial charge in [-0.2, -0.15) is 0 Å². The van der Waals surface area contributed by atoms with Crippen molar-refractivity contribution in [1.82, 2.24) is 0 Å². The van der Waals surface area contributed by atoms with Gasteiger partial charge in [0.15, 0.2) is 0 Å². The number of carbonyl (C=O) groups excluding carboxylic acids is 1. The largest absolute Gasteiger partial charge is 0.299 e. The molecule has 0 heterocycles. The van der Waals surface area contributed by atoms with Gasteiger partial charge < -0.3 is 0 Å². The fourth-order valence-corrected chi connectivity index (χ4v) is 2.78. The lowest BCUT2D eigenvalue weighted by Crippen LogP contribution is -2.15. The summed E-state index contributed by atoms with van der Waals surface area (Å²) in [6, 6.07) is 8.48. The lowest BCUT2D eigenvalue weighted by atomic mass is 9.88. The van der Waals surface area contributed by atoms with Crippen LogP contribution >= 0.6 is 0 Å². The minimum atomic E-state index is 0.252. The highest BCUT2D eigenvalue weighted by Crippen LogP contribution is 2.29. The number of fused-ring (bicyclic) bond motifs is 1. The maximum Gasteiger partial charge on any atom is 0.136 e. The Bertz CT molecular complexity index is 400. The number of Topliss-reactive ketones (excluding diaryl/α,β-unsaturated/α-hetero) is 1. The molecule has 0 fully saturated rings. The third kappa shape index (κ3) is 3.44. The van der Waals surface area contributed by atoms with E-state index in [1.54, 1.807) is 0 Å². The summed E-state index contributed by atoms with van der Waals surface area (Å²) >= 11 is 0. The number of rotatable bonds is 4. The molecule has 0 spiro atoms. The van der Waals surface area contributed by atoms with E-state index in [-0.39, 0.29) is 5.92 Å². The fraction of sp³-hybridized carbons (Fsp3) is 0.588. The normalized spacial score (nSPS) is 15.7. The number of hydrogen-bond acceptors (Lipinski definition) is 1. The quantitative estimate of drug-likeness (QED) is 0.776. The first kappa shape index (κ1) is 13.3. The minimum absolute atomic E-state index is 0.252. The molecular formula is C17H24O. The predicted octanol–water partition coefficient (Wildman–Crippen LogP) is 4.19. The van der Waals surface area contributed by atoms with Crippen LogP contribution in [0.25, 0.3) is 0 Å². The molecule has 0 bridgehead atoms. The second-order valence-corrected chi connectivity index (χ2v) is 6.75. The molecular weight excluding hydrogens is 220 g/mol. The minimum Gasteiger partial charge on any atom is -0.299 e. The van der Waals surface area contributed by atoms with Crippen molar-refractivity contribution in [3.05, 3.63) is 35.4 Å². The van der Waals surface area contributed by atoms with Crippen LogP contribution in [0.4, 0.5) is 0 Å². The Morgan fingerprint density at radius 1 is 1.17 bits per heavy atom. The molecule has 18 heavy (non-hydrogen) atoms. The van der Waals surface area contributed by atoms with Crippen LogP contribution < -0.4 is 0 Å². The fourth-order valence-electron chi connectivity index (χ4n) is 2.78. The van der Waals surface area contributed by atoms with Crippen LogP contribution in [0.5, 0.6) is 0 Å². The average Bonchev–Trinajstić information content (AvgIpc) is 2.70. The molecule has 0 saturated heterocycles. The van der Waals surface area contributed by atoms with Crippen LogP contribution in [0.1, 0.15) is 51.2 Å². The molecule has 0 aliphatic heterocycles. The predicted molar refractivity (Wildman–Crippen MR) is 75.7 cm³/mol. The maximum atomic E-state index is 12.2. The van der Waals surface area contributed by atoms with Gasteiger partial charge in [0.2, 0.25) is 0 Å². The lowest BCUT2D eigenvalue weighted by Gasteiger charge is -2.17. The number of benzene rings is 1. The van der Waals surface area contributed by atoms with E-state index in [2.05, 4.69) is 45.0 Å². The highest BCUT2D eigenvalue weighted by Gasteiger charge is 2.26. The Morgan fingerprint density at radius 3 is 2.22 bits per heavy atom. The Labute approximate surface area is 111 Å². The highest BCUT2D eigenvalue weighted by molar-refractivity contribution is 5.82. The van der Waals surface area contributed by atoms with E-state index < -0.39 is 0 Å². The molecule has 1 aliphatic rings. The Morgan fingerprint density at radius 2 is 1.72 bits per heavy atom. The van der Waals surface area contributed by atoms with Crippen molar-refractivity contribution < 1.29 is 4.79 Å². The van der Waals surface area contributed by atoms with Crippen molar-refractivity contribution in [2.45, 2.75) is 52.9 Å². The molecule has 0 N–H and O–H groups in total. The first-order chi connectivity index (χ1) is 8.46. The topological polar surface area (TPSA) is 17.1 Å². The molecule has 1 aliphatic carbocycles. The number of ketones is 1. The summed E-state index contributed by atoms with van der Waals surface area (Å²) in [5, 5.41) is 0. The van der Waals surface area contributed by atoms with E-state index in [1.807, 2.05) is 0 Å². The molecule has 0 radical (unpaired) electrons. The van der Waals surface area contributed by atoms with Crippen molar-refractivity contribution >= 4 is 5.78 Å². The highest BCUT2D eigenvalue weighted by atomic mass is 16.1.